The number of ether oxygens (including phenoxy) is 1. The predicted octanol–water partition coefficient (Wildman–Crippen LogP) is 0.199. The van der Waals surface area contributed by atoms with Crippen LogP contribution < -0.4 is 10.6 Å². The maximum atomic E-state index is 11.5. The van der Waals surface area contributed by atoms with Crippen molar-refractivity contribution in [2.75, 3.05) is 40.3 Å². The second kappa shape index (κ2) is 8.74. The molecule has 1 saturated heterocycles. The Morgan fingerprint density at radius 1 is 1.42 bits per heavy atom. The second-order valence-electron chi connectivity index (χ2n) is 4.82. The molecule has 1 heterocycles. The van der Waals surface area contributed by atoms with Crippen molar-refractivity contribution >= 4 is 11.9 Å². The summed E-state index contributed by atoms with van der Waals surface area (Å²) in [6.07, 6.45) is 2.93. The quantitative estimate of drug-likeness (QED) is 0.534. The number of nitrogens with zero attached hydrogens (tertiary/aromatic N) is 2. The smallest absolute Gasteiger partial charge is 0.223 e. The van der Waals surface area contributed by atoms with Crippen molar-refractivity contribution in [2.24, 2.45) is 4.99 Å². The summed E-state index contributed by atoms with van der Waals surface area (Å²) in [5.41, 5.74) is 0. The summed E-state index contributed by atoms with van der Waals surface area (Å²) in [7, 11) is 3.53. The molecule has 110 valence electrons. The zero-order valence-corrected chi connectivity index (χ0v) is 12.2. The zero-order chi connectivity index (χ0) is 14.1. The molecule has 1 fully saturated rings. The maximum Gasteiger partial charge on any atom is 0.223 e. The lowest BCUT2D eigenvalue weighted by atomic mass is 10.2. The number of aliphatic imine (C=N–C) groups is 1. The van der Waals surface area contributed by atoms with Crippen molar-refractivity contribution in [3.8, 4) is 0 Å². The summed E-state index contributed by atoms with van der Waals surface area (Å²) in [6, 6.07) is 0. The van der Waals surface area contributed by atoms with Gasteiger partial charge in [-0.05, 0) is 19.8 Å². The summed E-state index contributed by atoms with van der Waals surface area (Å²) in [5.74, 6) is 0.868. The standard InChI is InChI=1S/C13H26N4O2/c1-4-14-13(15-8-7-12(18)17(2)3)16-10-11-6-5-9-19-11/h11H,4-10H2,1-3H3,(H2,14,15,16). The van der Waals surface area contributed by atoms with E-state index in [2.05, 4.69) is 15.6 Å². The molecule has 0 aromatic heterocycles. The van der Waals surface area contributed by atoms with Crippen LogP contribution >= 0.6 is 0 Å². The lowest BCUT2D eigenvalue weighted by molar-refractivity contribution is -0.128. The molecular formula is C13H26N4O2. The van der Waals surface area contributed by atoms with Crippen LogP contribution in [0.1, 0.15) is 26.2 Å². The average Bonchev–Trinajstić information content (AvgIpc) is 2.88. The van der Waals surface area contributed by atoms with Gasteiger partial charge < -0.3 is 20.3 Å². The normalized spacial score (nSPS) is 19.3. The summed E-state index contributed by atoms with van der Waals surface area (Å²) in [4.78, 5) is 17.5. The van der Waals surface area contributed by atoms with Gasteiger partial charge in [0.1, 0.15) is 0 Å². The fraction of sp³-hybridized carbons (Fsp3) is 0.846. The topological polar surface area (TPSA) is 66.0 Å². The molecule has 2 N–H and O–H groups in total. The number of amides is 1. The monoisotopic (exact) mass is 270 g/mol. The van der Waals surface area contributed by atoms with E-state index in [4.69, 9.17) is 4.74 Å². The van der Waals surface area contributed by atoms with Crippen molar-refractivity contribution in [3.63, 3.8) is 0 Å². The number of rotatable bonds is 6. The number of carbonyl (C=O) groups is 1. The highest BCUT2D eigenvalue weighted by Crippen LogP contribution is 2.11. The van der Waals surface area contributed by atoms with Crippen molar-refractivity contribution < 1.29 is 9.53 Å². The molecule has 1 aliphatic heterocycles. The molecule has 0 saturated carbocycles. The van der Waals surface area contributed by atoms with E-state index in [-0.39, 0.29) is 12.0 Å². The molecule has 1 amide bonds. The maximum absolute atomic E-state index is 11.5. The highest BCUT2D eigenvalue weighted by Gasteiger charge is 2.14. The predicted molar refractivity (Wildman–Crippen MR) is 76.3 cm³/mol. The van der Waals surface area contributed by atoms with Crippen molar-refractivity contribution in [1.82, 2.24) is 15.5 Å². The van der Waals surface area contributed by atoms with Crippen molar-refractivity contribution in [3.05, 3.63) is 0 Å². The van der Waals surface area contributed by atoms with E-state index in [1.165, 1.54) is 0 Å². The van der Waals surface area contributed by atoms with E-state index in [0.29, 0.717) is 19.5 Å². The molecular weight excluding hydrogens is 244 g/mol. The number of carbonyl (C=O) groups excluding carboxylic acids is 1. The molecule has 0 aliphatic carbocycles. The Kier molecular flexibility index (Phi) is 7.25. The zero-order valence-electron chi connectivity index (χ0n) is 12.2. The van der Waals surface area contributed by atoms with E-state index in [9.17, 15) is 4.79 Å². The molecule has 0 aromatic carbocycles. The minimum atomic E-state index is 0.113. The summed E-state index contributed by atoms with van der Waals surface area (Å²) in [5, 5.41) is 6.33. The fourth-order valence-electron chi connectivity index (χ4n) is 1.83. The Labute approximate surface area is 115 Å². The van der Waals surface area contributed by atoms with Crippen LogP contribution in [0.4, 0.5) is 0 Å². The Morgan fingerprint density at radius 2 is 2.21 bits per heavy atom. The van der Waals surface area contributed by atoms with Gasteiger partial charge in [0.15, 0.2) is 5.96 Å². The lowest BCUT2D eigenvalue weighted by Gasteiger charge is -2.14. The van der Waals surface area contributed by atoms with Gasteiger partial charge in [-0.1, -0.05) is 0 Å². The van der Waals surface area contributed by atoms with E-state index >= 15 is 0 Å². The van der Waals surface area contributed by atoms with E-state index in [1.807, 2.05) is 6.92 Å². The third kappa shape index (κ3) is 6.42. The summed E-state index contributed by atoms with van der Waals surface area (Å²) < 4.78 is 5.53. The van der Waals surface area contributed by atoms with Gasteiger partial charge in [0.05, 0.1) is 12.6 Å². The van der Waals surface area contributed by atoms with Gasteiger partial charge in [-0.2, -0.15) is 0 Å². The minimum absolute atomic E-state index is 0.113. The van der Waals surface area contributed by atoms with Gasteiger partial charge in [0.2, 0.25) is 5.91 Å². The number of hydrogen-bond acceptors (Lipinski definition) is 3. The van der Waals surface area contributed by atoms with Gasteiger partial charge in [-0.3, -0.25) is 9.79 Å². The molecule has 6 heteroatoms. The first-order chi connectivity index (χ1) is 9.13. The summed E-state index contributed by atoms with van der Waals surface area (Å²) in [6.45, 7) is 4.94. The van der Waals surface area contributed by atoms with Gasteiger partial charge >= 0.3 is 0 Å². The Morgan fingerprint density at radius 3 is 2.79 bits per heavy atom. The van der Waals surface area contributed by atoms with Gasteiger partial charge in [-0.25, -0.2) is 0 Å². The molecule has 19 heavy (non-hydrogen) atoms. The number of guanidine groups is 1. The van der Waals surface area contributed by atoms with E-state index in [0.717, 1.165) is 32.0 Å². The lowest BCUT2D eigenvalue weighted by Crippen LogP contribution is -2.39. The number of hydrogen-bond donors (Lipinski definition) is 2. The van der Waals surface area contributed by atoms with Crippen LogP contribution in [0.25, 0.3) is 0 Å². The molecule has 1 unspecified atom stereocenters. The average molecular weight is 270 g/mol. The first-order valence-electron chi connectivity index (χ1n) is 6.97. The van der Waals surface area contributed by atoms with Gasteiger partial charge in [0, 0.05) is 40.2 Å². The summed E-state index contributed by atoms with van der Waals surface area (Å²) >= 11 is 0. The Hall–Kier alpha value is -1.30. The van der Waals surface area contributed by atoms with Crippen LogP contribution in [0.15, 0.2) is 4.99 Å². The third-order valence-corrected chi connectivity index (χ3v) is 2.95. The van der Waals surface area contributed by atoms with Crippen LogP contribution in [0.2, 0.25) is 0 Å². The van der Waals surface area contributed by atoms with Crippen molar-refractivity contribution in [1.29, 1.82) is 0 Å². The fourth-order valence-corrected chi connectivity index (χ4v) is 1.83. The first kappa shape index (κ1) is 15.8. The molecule has 6 nitrogen and oxygen atoms in total. The van der Waals surface area contributed by atoms with Gasteiger partial charge in [0.25, 0.3) is 0 Å². The molecule has 0 bridgehead atoms. The van der Waals surface area contributed by atoms with Crippen LogP contribution in [0, 0.1) is 0 Å². The molecule has 0 spiro atoms. The molecule has 1 rings (SSSR count). The van der Waals surface area contributed by atoms with E-state index < -0.39 is 0 Å². The molecule has 0 aromatic rings. The highest BCUT2D eigenvalue weighted by molar-refractivity contribution is 5.81. The third-order valence-electron chi connectivity index (χ3n) is 2.95. The van der Waals surface area contributed by atoms with Crippen LogP contribution in [-0.2, 0) is 9.53 Å². The minimum Gasteiger partial charge on any atom is -0.376 e. The van der Waals surface area contributed by atoms with Crippen LogP contribution in [-0.4, -0.2) is 63.2 Å². The van der Waals surface area contributed by atoms with Gasteiger partial charge in [-0.15, -0.1) is 0 Å². The molecule has 1 atom stereocenters. The highest BCUT2D eigenvalue weighted by atomic mass is 16.5. The van der Waals surface area contributed by atoms with Crippen LogP contribution in [0.5, 0.6) is 0 Å². The number of nitrogens with one attached hydrogen (secondary N) is 2. The first-order valence-corrected chi connectivity index (χ1v) is 6.97. The van der Waals surface area contributed by atoms with Crippen LogP contribution in [0.3, 0.4) is 0 Å². The Bertz CT molecular complexity index is 299. The van der Waals surface area contributed by atoms with Crippen molar-refractivity contribution in [2.45, 2.75) is 32.3 Å². The largest absolute Gasteiger partial charge is 0.376 e. The Balaban J connectivity index is 2.30. The SMILES string of the molecule is CCNC(=NCC1CCCO1)NCCC(=O)N(C)C. The second-order valence-corrected chi connectivity index (χ2v) is 4.82. The molecule has 0 radical (unpaired) electrons. The van der Waals surface area contributed by atoms with E-state index in [1.54, 1.807) is 19.0 Å². The molecule has 1 aliphatic rings.